The molecule has 0 bridgehead atoms. The highest BCUT2D eigenvalue weighted by Gasteiger charge is 2.14. The van der Waals surface area contributed by atoms with Crippen LogP contribution in [0.2, 0.25) is 0 Å². The van der Waals surface area contributed by atoms with E-state index < -0.39 is 0 Å². The Hall–Kier alpha value is -2.51. The molecular formula is C18H12BrN3O2S. The fourth-order valence-electron chi connectivity index (χ4n) is 2.65. The zero-order valence-corrected chi connectivity index (χ0v) is 15.5. The molecule has 0 saturated heterocycles. The van der Waals surface area contributed by atoms with Crippen molar-refractivity contribution < 1.29 is 4.79 Å². The Labute approximate surface area is 155 Å². The number of hydrogen-bond acceptors (Lipinski definition) is 4. The number of para-hydroxylation sites is 2. The molecule has 0 atom stereocenters. The van der Waals surface area contributed by atoms with Crippen LogP contribution in [-0.2, 0) is 0 Å². The van der Waals surface area contributed by atoms with Gasteiger partial charge < -0.3 is 5.32 Å². The summed E-state index contributed by atoms with van der Waals surface area (Å²) in [5.74, 6) is -0.318. The number of halogens is 1. The molecular weight excluding hydrogens is 402 g/mol. The van der Waals surface area contributed by atoms with E-state index in [9.17, 15) is 9.59 Å². The van der Waals surface area contributed by atoms with Crippen LogP contribution in [0.5, 0.6) is 0 Å². The summed E-state index contributed by atoms with van der Waals surface area (Å²) >= 11 is 4.59. The Morgan fingerprint density at radius 1 is 1.20 bits per heavy atom. The van der Waals surface area contributed by atoms with Crippen molar-refractivity contribution in [1.29, 1.82) is 0 Å². The van der Waals surface area contributed by atoms with E-state index in [-0.39, 0.29) is 11.5 Å². The van der Waals surface area contributed by atoms with E-state index in [0.29, 0.717) is 15.5 Å². The van der Waals surface area contributed by atoms with Crippen molar-refractivity contribution in [3.8, 4) is 0 Å². The van der Waals surface area contributed by atoms with Crippen molar-refractivity contribution in [2.75, 3.05) is 5.32 Å². The molecule has 0 saturated carbocycles. The second-order valence-corrected chi connectivity index (χ2v) is 7.51. The molecule has 25 heavy (non-hydrogen) atoms. The largest absolute Gasteiger partial charge is 0.321 e. The third kappa shape index (κ3) is 2.85. The number of aromatic nitrogens is 2. The molecule has 2 heterocycles. The van der Waals surface area contributed by atoms with Gasteiger partial charge in [-0.1, -0.05) is 39.4 Å². The van der Waals surface area contributed by atoms with Crippen molar-refractivity contribution in [3.05, 3.63) is 73.8 Å². The number of nitrogens with one attached hydrogen (secondary N) is 1. The Bertz CT molecular complexity index is 1200. The molecule has 0 fully saturated rings. The molecule has 0 aliphatic rings. The van der Waals surface area contributed by atoms with Crippen LogP contribution in [0.1, 0.15) is 15.2 Å². The topological polar surface area (TPSA) is 63.5 Å². The molecule has 0 unspecified atom stereocenters. The number of imidazole rings is 1. The van der Waals surface area contributed by atoms with Gasteiger partial charge in [-0.05, 0) is 42.8 Å². The molecule has 1 N–H and O–H groups in total. The van der Waals surface area contributed by atoms with E-state index in [2.05, 4.69) is 26.2 Å². The van der Waals surface area contributed by atoms with Gasteiger partial charge in [0.05, 0.1) is 11.0 Å². The second kappa shape index (κ2) is 6.09. The van der Waals surface area contributed by atoms with Gasteiger partial charge in [0.25, 0.3) is 11.5 Å². The first kappa shape index (κ1) is 16.0. The van der Waals surface area contributed by atoms with Crippen LogP contribution in [-0.4, -0.2) is 15.3 Å². The number of nitrogens with zero attached hydrogens (tertiary/aromatic N) is 2. The quantitative estimate of drug-likeness (QED) is 0.534. The molecule has 4 rings (SSSR count). The lowest BCUT2D eigenvalue weighted by atomic mass is 10.2. The lowest BCUT2D eigenvalue weighted by Gasteiger charge is -2.08. The smallest absolute Gasteiger partial charge is 0.266 e. The van der Waals surface area contributed by atoms with Crippen LogP contribution < -0.4 is 10.9 Å². The minimum atomic E-state index is -0.318. The summed E-state index contributed by atoms with van der Waals surface area (Å²) in [6.45, 7) is 1.91. The van der Waals surface area contributed by atoms with Crippen LogP contribution in [0.15, 0.2) is 57.8 Å². The highest BCUT2D eigenvalue weighted by molar-refractivity contribution is 9.10. The normalized spacial score (nSPS) is 11.1. The number of hydrogen-bond donors (Lipinski definition) is 1. The fraction of sp³-hybridized carbons (Fsp3) is 0.0556. The average Bonchev–Trinajstić information content (AvgIpc) is 2.96. The fourth-order valence-corrected chi connectivity index (χ4v) is 4.05. The van der Waals surface area contributed by atoms with Gasteiger partial charge in [-0.15, -0.1) is 0 Å². The van der Waals surface area contributed by atoms with Crippen molar-refractivity contribution in [3.63, 3.8) is 0 Å². The molecule has 2 aromatic carbocycles. The van der Waals surface area contributed by atoms with Gasteiger partial charge in [0.15, 0.2) is 4.96 Å². The molecule has 1 amide bonds. The summed E-state index contributed by atoms with van der Waals surface area (Å²) in [4.78, 5) is 30.3. The van der Waals surface area contributed by atoms with Gasteiger partial charge in [-0.3, -0.25) is 14.0 Å². The summed E-state index contributed by atoms with van der Waals surface area (Å²) in [6.07, 6.45) is 0. The Morgan fingerprint density at radius 3 is 2.80 bits per heavy atom. The number of rotatable bonds is 2. The third-order valence-corrected chi connectivity index (χ3v) is 5.34. The molecule has 0 spiro atoms. The molecule has 0 radical (unpaired) electrons. The Morgan fingerprint density at radius 2 is 2.00 bits per heavy atom. The van der Waals surface area contributed by atoms with Gasteiger partial charge in [0, 0.05) is 16.2 Å². The van der Waals surface area contributed by atoms with Crippen molar-refractivity contribution in [2.24, 2.45) is 0 Å². The second-order valence-electron chi connectivity index (χ2n) is 5.58. The van der Waals surface area contributed by atoms with E-state index >= 15 is 0 Å². The van der Waals surface area contributed by atoms with Crippen LogP contribution in [0.3, 0.4) is 0 Å². The molecule has 0 aliphatic carbocycles. The highest BCUT2D eigenvalue weighted by Crippen LogP contribution is 2.23. The summed E-state index contributed by atoms with van der Waals surface area (Å²) in [5, 5.41) is 2.85. The first-order chi connectivity index (χ1) is 12.0. The third-order valence-electron chi connectivity index (χ3n) is 3.87. The van der Waals surface area contributed by atoms with Gasteiger partial charge >= 0.3 is 0 Å². The predicted octanol–water partition coefficient (Wildman–Crippen LogP) is 4.23. The maximum atomic E-state index is 12.6. The number of fused-ring (bicyclic) bond motifs is 3. The Kier molecular flexibility index (Phi) is 3.89. The van der Waals surface area contributed by atoms with Gasteiger partial charge in [0.1, 0.15) is 4.88 Å². The number of carbonyl (C=O) groups is 1. The molecule has 124 valence electrons. The first-order valence-electron chi connectivity index (χ1n) is 7.52. The minimum absolute atomic E-state index is 0.264. The van der Waals surface area contributed by atoms with E-state index in [1.807, 2.05) is 49.4 Å². The van der Waals surface area contributed by atoms with E-state index in [0.717, 1.165) is 21.1 Å². The van der Waals surface area contributed by atoms with Crippen LogP contribution in [0.25, 0.3) is 16.0 Å². The SMILES string of the molecule is Cc1cc(Br)ccc1NC(=O)c1cc(=O)n2c(nc3ccccc32)s1. The summed E-state index contributed by atoms with van der Waals surface area (Å²) < 4.78 is 2.47. The number of aryl methyl sites for hydroxylation is 1. The van der Waals surface area contributed by atoms with Gasteiger partial charge in [-0.25, -0.2) is 4.98 Å². The number of anilines is 1. The van der Waals surface area contributed by atoms with Gasteiger partial charge in [-0.2, -0.15) is 0 Å². The van der Waals surface area contributed by atoms with Crippen LogP contribution in [0.4, 0.5) is 5.69 Å². The lowest BCUT2D eigenvalue weighted by Crippen LogP contribution is -2.17. The van der Waals surface area contributed by atoms with Crippen molar-refractivity contribution in [2.45, 2.75) is 6.92 Å². The molecule has 5 nitrogen and oxygen atoms in total. The number of benzene rings is 2. The lowest BCUT2D eigenvalue weighted by molar-refractivity contribution is 0.103. The molecule has 7 heteroatoms. The summed E-state index contributed by atoms with van der Waals surface area (Å²) in [6, 6.07) is 14.4. The van der Waals surface area contributed by atoms with Gasteiger partial charge in [0.2, 0.25) is 0 Å². The summed E-state index contributed by atoms with van der Waals surface area (Å²) in [7, 11) is 0. The maximum Gasteiger partial charge on any atom is 0.266 e. The summed E-state index contributed by atoms with van der Waals surface area (Å²) in [5.41, 5.74) is 2.86. The van der Waals surface area contributed by atoms with Crippen molar-refractivity contribution in [1.82, 2.24) is 9.38 Å². The van der Waals surface area contributed by atoms with Crippen LogP contribution >= 0.6 is 27.3 Å². The molecule has 4 aromatic rings. The first-order valence-corrected chi connectivity index (χ1v) is 9.13. The minimum Gasteiger partial charge on any atom is -0.321 e. The average molecular weight is 414 g/mol. The van der Waals surface area contributed by atoms with E-state index in [1.165, 1.54) is 21.8 Å². The zero-order chi connectivity index (χ0) is 17.6. The number of carbonyl (C=O) groups excluding carboxylic acids is 1. The monoisotopic (exact) mass is 413 g/mol. The van der Waals surface area contributed by atoms with E-state index in [4.69, 9.17) is 0 Å². The standard InChI is InChI=1S/C18H12BrN3O2S/c1-10-8-11(19)6-7-12(10)20-17(24)15-9-16(23)22-14-5-3-2-4-13(14)21-18(22)25-15/h2-9H,1H3,(H,20,24). The van der Waals surface area contributed by atoms with Crippen LogP contribution in [0, 0.1) is 6.92 Å². The van der Waals surface area contributed by atoms with E-state index in [1.54, 1.807) is 0 Å². The zero-order valence-electron chi connectivity index (χ0n) is 13.1. The maximum absolute atomic E-state index is 12.6. The number of amides is 1. The Balaban J connectivity index is 1.77. The predicted molar refractivity (Wildman–Crippen MR) is 104 cm³/mol. The molecule has 2 aromatic heterocycles. The molecule has 0 aliphatic heterocycles. The van der Waals surface area contributed by atoms with Crippen molar-refractivity contribution >= 4 is 54.9 Å². The highest BCUT2D eigenvalue weighted by atomic mass is 79.9.